The molecule has 8 heteroatoms. The number of furan rings is 1. The molecule has 2 amide bonds. The first-order chi connectivity index (χ1) is 10.1. The molecule has 0 aliphatic rings. The van der Waals surface area contributed by atoms with E-state index in [1.807, 2.05) is 0 Å². The Morgan fingerprint density at radius 1 is 1.05 bits per heavy atom. The van der Waals surface area contributed by atoms with Crippen LogP contribution >= 0.6 is 23.8 Å². The van der Waals surface area contributed by atoms with E-state index in [0.29, 0.717) is 10.6 Å². The van der Waals surface area contributed by atoms with E-state index in [4.69, 9.17) is 28.2 Å². The number of benzene rings is 1. The van der Waals surface area contributed by atoms with E-state index >= 15 is 0 Å². The molecule has 1 heterocycles. The van der Waals surface area contributed by atoms with Crippen LogP contribution in [-0.4, -0.2) is 16.9 Å². The van der Waals surface area contributed by atoms with Gasteiger partial charge in [-0.25, -0.2) is 0 Å². The standard InChI is InChI=1S/C13H10ClN3O3S/c14-9-5-3-8(4-6-9)11(18)16-17-13(21)15-12(19)10-2-1-7-20-10/h1-7H,(H,16,18)(H2,15,17,19,21). The monoisotopic (exact) mass is 323 g/mol. The Kier molecular flexibility index (Phi) is 4.91. The number of thiocarbonyl (C=S) groups is 1. The first-order valence-corrected chi connectivity index (χ1v) is 6.55. The summed E-state index contributed by atoms with van der Waals surface area (Å²) in [7, 11) is 0. The normalized spacial score (nSPS) is 9.76. The van der Waals surface area contributed by atoms with Gasteiger partial charge in [0.1, 0.15) is 0 Å². The molecule has 0 radical (unpaired) electrons. The molecule has 0 aliphatic heterocycles. The van der Waals surface area contributed by atoms with Crippen molar-refractivity contribution in [3.63, 3.8) is 0 Å². The smallest absolute Gasteiger partial charge is 0.293 e. The maximum absolute atomic E-state index is 11.8. The zero-order valence-corrected chi connectivity index (χ0v) is 12.1. The van der Waals surface area contributed by atoms with Crippen molar-refractivity contribution >= 4 is 40.7 Å². The number of carbonyl (C=O) groups excluding carboxylic acids is 2. The maximum atomic E-state index is 11.8. The number of rotatable bonds is 2. The molecule has 0 saturated carbocycles. The van der Waals surface area contributed by atoms with Crippen molar-refractivity contribution in [2.75, 3.05) is 0 Å². The molecule has 1 aromatic heterocycles. The zero-order chi connectivity index (χ0) is 15.2. The SMILES string of the molecule is O=C(NNC(=S)NC(=O)c1ccco1)c1ccc(Cl)cc1. The minimum Gasteiger partial charge on any atom is -0.459 e. The molecule has 1 aromatic carbocycles. The fourth-order valence-electron chi connectivity index (χ4n) is 1.39. The molecular weight excluding hydrogens is 314 g/mol. The first kappa shape index (κ1) is 15.0. The number of halogens is 1. The van der Waals surface area contributed by atoms with E-state index in [2.05, 4.69) is 16.2 Å². The number of hydrogen-bond acceptors (Lipinski definition) is 4. The van der Waals surface area contributed by atoms with E-state index in [0.717, 1.165) is 0 Å². The van der Waals surface area contributed by atoms with Gasteiger partial charge in [0.25, 0.3) is 11.8 Å². The molecule has 0 spiro atoms. The summed E-state index contributed by atoms with van der Waals surface area (Å²) in [6.45, 7) is 0. The van der Waals surface area contributed by atoms with E-state index in [1.54, 1.807) is 30.3 Å². The lowest BCUT2D eigenvalue weighted by Gasteiger charge is -2.10. The van der Waals surface area contributed by atoms with Crippen LogP contribution in [0.4, 0.5) is 0 Å². The van der Waals surface area contributed by atoms with E-state index in [-0.39, 0.29) is 10.9 Å². The van der Waals surface area contributed by atoms with Gasteiger partial charge in [0.15, 0.2) is 10.9 Å². The summed E-state index contributed by atoms with van der Waals surface area (Å²) in [5.74, 6) is -0.817. The average Bonchev–Trinajstić information content (AvgIpc) is 3.00. The molecule has 108 valence electrons. The molecule has 0 saturated heterocycles. The molecule has 0 fully saturated rings. The second-order valence-corrected chi connectivity index (χ2v) is 4.69. The van der Waals surface area contributed by atoms with Crippen LogP contribution in [0.5, 0.6) is 0 Å². The average molecular weight is 324 g/mol. The fourth-order valence-corrected chi connectivity index (χ4v) is 1.66. The summed E-state index contributed by atoms with van der Waals surface area (Å²) in [5, 5.41) is 2.82. The van der Waals surface area contributed by atoms with Gasteiger partial charge < -0.3 is 4.42 Å². The molecule has 0 unspecified atom stereocenters. The summed E-state index contributed by atoms with van der Waals surface area (Å²) in [6, 6.07) is 9.37. The van der Waals surface area contributed by atoms with E-state index in [9.17, 15) is 9.59 Å². The summed E-state index contributed by atoms with van der Waals surface area (Å²) in [6.07, 6.45) is 1.37. The van der Waals surface area contributed by atoms with Crippen molar-refractivity contribution in [2.45, 2.75) is 0 Å². The van der Waals surface area contributed by atoms with Crippen LogP contribution in [0.3, 0.4) is 0 Å². The number of carbonyl (C=O) groups is 2. The Morgan fingerprint density at radius 3 is 2.38 bits per heavy atom. The molecule has 6 nitrogen and oxygen atoms in total. The predicted octanol–water partition coefficient (Wildman–Crippen LogP) is 1.88. The highest BCUT2D eigenvalue weighted by Gasteiger charge is 2.11. The van der Waals surface area contributed by atoms with Gasteiger partial charge in [-0.2, -0.15) is 0 Å². The second kappa shape index (κ2) is 6.87. The van der Waals surface area contributed by atoms with E-state index in [1.165, 1.54) is 12.3 Å². The largest absolute Gasteiger partial charge is 0.459 e. The molecule has 21 heavy (non-hydrogen) atoms. The Labute approximate surface area is 130 Å². The minimum absolute atomic E-state index is 0.0567. The van der Waals surface area contributed by atoms with Gasteiger partial charge in [-0.05, 0) is 48.6 Å². The van der Waals surface area contributed by atoms with Crippen molar-refractivity contribution in [1.29, 1.82) is 0 Å². The highest BCUT2D eigenvalue weighted by molar-refractivity contribution is 7.80. The minimum atomic E-state index is -0.516. The predicted molar refractivity (Wildman–Crippen MR) is 80.8 cm³/mol. The van der Waals surface area contributed by atoms with Gasteiger partial charge in [-0.3, -0.25) is 25.8 Å². The van der Waals surface area contributed by atoms with Crippen LogP contribution in [-0.2, 0) is 0 Å². The van der Waals surface area contributed by atoms with Crippen LogP contribution in [0.25, 0.3) is 0 Å². The summed E-state index contributed by atoms with van der Waals surface area (Å²) < 4.78 is 4.90. The van der Waals surface area contributed by atoms with Crippen LogP contribution in [0.1, 0.15) is 20.9 Å². The molecular formula is C13H10ClN3O3S. The van der Waals surface area contributed by atoms with Crippen LogP contribution in [0, 0.1) is 0 Å². The van der Waals surface area contributed by atoms with Crippen molar-refractivity contribution in [1.82, 2.24) is 16.2 Å². The van der Waals surface area contributed by atoms with Gasteiger partial charge in [0.2, 0.25) is 0 Å². The highest BCUT2D eigenvalue weighted by Crippen LogP contribution is 2.08. The van der Waals surface area contributed by atoms with Crippen molar-refractivity contribution in [3.05, 3.63) is 59.0 Å². The third-order valence-electron chi connectivity index (χ3n) is 2.37. The highest BCUT2D eigenvalue weighted by atomic mass is 35.5. The topological polar surface area (TPSA) is 83.4 Å². The molecule has 0 aliphatic carbocycles. The zero-order valence-electron chi connectivity index (χ0n) is 10.6. The molecule has 2 rings (SSSR count). The number of hydrogen-bond donors (Lipinski definition) is 3. The van der Waals surface area contributed by atoms with Gasteiger partial charge in [-0.1, -0.05) is 11.6 Å². The Hall–Kier alpha value is -2.38. The fraction of sp³-hybridized carbons (Fsp3) is 0. The number of nitrogens with one attached hydrogen (secondary N) is 3. The third-order valence-corrected chi connectivity index (χ3v) is 2.82. The summed E-state index contributed by atoms with van der Waals surface area (Å²) in [4.78, 5) is 23.4. The van der Waals surface area contributed by atoms with Crippen LogP contribution in [0.15, 0.2) is 47.1 Å². The molecule has 0 bridgehead atoms. The van der Waals surface area contributed by atoms with Crippen molar-refractivity contribution < 1.29 is 14.0 Å². The molecule has 3 N–H and O–H groups in total. The van der Waals surface area contributed by atoms with Gasteiger partial charge >= 0.3 is 0 Å². The molecule has 2 aromatic rings. The summed E-state index contributed by atoms with van der Waals surface area (Å²) >= 11 is 10.6. The van der Waals surface area contributed by atoms with Gasteiger partial charge in [0, 0.05) is 10.6 Å². The quantitative estimate of drug-likeness (QED) is 0.580. The lowest BCUT2D eigenvalue weighted by molar-refractivity contribution is 0.0927. The van der Waals surface area contributed by atoms with Crippen molar-refractivity contribution in [2.24, 2.45) is 0 Å². The summed E-state index contributed by atoms with van der Waals surface area (Å²) in [5.41, 5.74) is 5.16. The van der Waals surface area contributed by atoms with Gasteiger partial charge in [0.05, 0.1) is 6.26 Å². The van der Waals surface area contributed by atoms with Crippen molar-refractivity contribution in [3.8, 4) is 0 Å². The first-order valence-electron chi connectivity index (χ1n) is 5.77. The Morgan fingerprint density at radius 2 is 1.76 bits per heavy atom. The van der Waals surface area contributed by atoms with E-state index < -0.39 is 11.8 Å². The van der Waals surface area contributed by atoms with Gasteiger partial charge in [-0.15, -0.1) is 0 Å². The third kappa shape index (κ3) is 4.30. The second-order valence-electron chi connectivity index (χ2n) is 3.85. The number of amides is 2. The Bertz CT molecular complexity index is 656. The number of hydrazine groups is 1. The Balaban J connectivity index is 1.82. The van der Waals surface area contributed by atoms with Crippen LogP contribution < -0.4 is 16.2 Å². The molecule has 0 atom stereocenters. The lowest BCUT2D eigenvalue weighted by atomic mass is 10.2. The maximum Gasteiger partial charge on any atom is 0.293 e. The van der Waals surface area contributed by atoms with Crippen LogP contribution in [0.2, 0.25) is 5.02 Å². The lowest BCUT2D eigenvalue weighted by Crippen LogP contribution is -2.48.